The Labute approximate surface area is 108 Å². The summed E-state index contributed by atoms with van der Waals surface area (Å²) in [6, 6.07) is 5.34. The zero-order valence-corrected chi connectivity index (χ0v) is 10.6. The average molecular weight is 263 g/mol. The minimum absolute atomic E-state index is 0.000718. The first-order chi connectivity index (χ1) is 8.58. The third kappa shape index (κ3) is 2.60. The van der Waals surface area contributed by atoms with E-state index >= 15 is 0 Å². The largest absolute Gasteiger partial charge is 0.478 e. The van der Waals surface area contributed by atoms with Crippen molar-refractivity contribution in [3.05, 3.63) is 40.2 Å². The quantitative estimate of drug-likeness (QED) is 0.789. The zero-order chi connectivity index (χ0) is 13.1. The van der Waals surface area contributed by atoms with E-state index in [1.165, 1.54) is 12.3 Å². The highest BCUT2D eigenvalue weighted by Crippen LogP contribution is 2.24. The second-order valence-corrected chi connectivity index (χ2v) is 4.83. The standard InChI is InChI=1S/C12H13N3O2S/c1-7(10-3-2-4-18-10)15-11-9(12(16)17)5-8(13)6-14-11/h2-7H,13H2,1H3,(H,14,15)(H,16,17). The number of nitrogens with two attached hydrogens (primary N) is 1. The summed E-state index contributed by atoms with van der Waals surface area (Å²) >= 11 is 1.61. The number of nitrogens with zero attached hydrogens (tertiary/aromatic N) is 1. The van der Waals surface area contributed by atoms with Crippen LogP contribution in [0.25, 0.3) is 0 Å². The molecular formula is C12H13N3O2S. The van der Waals surface area contributed by atoms with Crippen LogP contribution in [0.1, 0.15) is 28.2 Å². The third-order valence-corrected chi connectivity index (χ3v) is 3.52. The van der Waals surface area contributed by atoms with Crippen LogP contribution in [0.4, 0.5) is 11.5 Å². The normalized spacial score (nSPS) is 12.1. The van der Waals surface area contributed by atoms with Gasteiger partial charge in [-0.25, -0.2) is 9.78 Å². The number of aromatic carboxylic acids is 1. The first-order valence-corrected chi connectivity index (χ1v) is 6.24. The van der Waals surface area contributed by atoms with E-state index in [0.717, 1.165) is 4.88 Å². The SMILES string of the molecule is CC(Nc1ncc(N)cc1C(=O)O)c1cccs1. The fourth-order valence-electron chi connectivity index (χ4n) is 1.57. The summed E-state index contributed by atoms with van der Waals surface area (Å²) < 4.78 is 0. The summed E-state index contributed by atoms with van der Waals surface area (Å²) in [6.45, 7) is 1.95. The number of aromatic nitrogens is 1. The zero-order valence-electron chi connectivity index (χ0n) is 9.75. The van der Waals surface area contributed by atoms with Crippen molar-refractivity contribution in [2.75, 3.05) is 11.1 Å². The van der Waals surface area contributed by atoms with E-state index in [4.69, 9.17) is 10.8 Å². The topological polar surface area (TPSA) is 88.2 Å². The maximum Gasteiger partial charge on any atom is 0.339 e. The minimum atomic E-state index is -1.05. The van der Waals surface area contributed by atoms with Gasteiger partial charge in [0.25, 0.3) is 0 Å². The Hall–Kier alpha value is -2.08. The molecule has 0 aliphatic heterocycles. The molecule has 2 heterocycles. The van der Waals surface area contributed by atoms with E-state index in [0.29, 0.717) is 11.5 Å². The Kier molecular flexibility index (Phi) is 3.47. The van der Waals surface area contributed by atoms with Crippen LogP contribution in [0.2, 0.25) is 0 Å². The molecule has 6 heteroatoms. The molecule has 0 fully saturated rings. The van der Waals surface area contributed by atoms with E-state index in [1.807, 2.05) is 24.4 Å². The Morgan fingerprint density at radius 2 is 2.39 bits per heavy atom. The molecule has 0 saturated carbocycles. The van der Waals surface area contributed by atoms with Crippen molar-refractivity contribution in [3.63, 3.8) is 0 Å². The Morgan fingerprint density at radius 3 is 3.00 bits per heavy atom. The van der Waals surface area contributed by atoms with Crippen molar-refractivity contribution in [2.45, 2.75) is 13.0 Å². The van der Waals surface area contributed by atoms with E-state index < -0.39 is 5.97 Å². The molecule has 1 unspecified atom stereocenters. The molecular weight excluding hydrogens is 250 g/mol. The molecule has 0 aromatic carbocycles. The minimum Gasteiger partial charge on any atom is -0.478 e. The number of carboxylic acid groups (broad SMARTS) is 1. The lowest BCUT2D eigenvalue weighted by Crippen LogP contribution is -2.12. The Bertz CT molecular complexity index is 554. The predicted octanol–water partition coefficient (Wildman–Crippen LogP) is 2.60. The second-order valence-electron chi connectivity index (χ2n) is 3.85. The van der Waals surface area contributed by atoms with Crippen LogP contribution >= 0.6 is 11.3 Å². The van der Waals surface area contributed by atoms with Crippen molar-refractivity contribution in [2.24, 2.45) is 0 Å². The molecule has 0 amide bonds. The van der Waals surface area contributed by atoms with Gasteiger partial charge in [0.1, 0.15) is 11.4 Å². The molecule has 18 heavy (non-hydrogen) atoms. The molecule has 0 aliphatic carbocycles. The van der Waals surface area contributed by atoms with Crippen LogP contribution in [0.5, 0.6) is 0 Å². The van der Waals surface area contributed by atoms with Gasteiger partial charge in [-0.2, -0.15) is 0 Å². The first kappa shape index (κ1) is 12.4. The van der Waals surface area contributed by atoms with Gasteiger partial charge in [0.2, 0.25) is 0 Å². The van der Waals surface area contributed by atoms with Crippen LogP contribution in [-0.4, -0.2) is 16.1 Å². The van der Waals surface area contributed by atoms with E-state index in [9.17, 15) is 4.79 Å². The molecule has 1 atom stereocenters. The monoisotopic (exact) mass is 263 g/mol. The maximum atomic E-state index is 11.1. The van der Waals surface area contributed by atoms with Gasteiger partial charge in [-0.3, -0.25) is 0 Å². The number of anilines is 2. The van der Waals surface area contributed by atoms with Gasteiger partial charge >= 0.3 is 5.97 Å². The first-order valence-electron chi connectivity index (χ1n) is 5.36. The van der Waals surface area contributed by atoms with Crippen molar-refractivity contribution in [1.82, 2.24) is 4.98 Å². The molecule has 2 aromatic heterocycles. The lowest BCUT2D eigenvalue weighted by molar-refractivity contribution is 0.0697. The second kappa shape index (κ2) is 5.05. The molecule has 5 nitrogen and oxygen atoms in total. The molecule has 2 aromatic rings. The Morgan fingerprint density at radius 1 is 1.61 bits per heavy atom. The number of hydrogen-bond acceptors (Lipinski definition) is 5. The van der Waals surface area contributed by atoms with Gasteiger partial charge in [0, 0.05) is 4.88 Å². The number of rotatable bonds is 4. The van der Waals surface area contributed by atoms with Crippen molar-refractivity contribution in [3.8, 4) is 0 Å². The number of carboxylic acids is 1. The molecule has 0 aliphatic rings. The van der Waals surface area contributed by atoms with Gasteiger partial charge in [-0.15, -0.1) is 11.3 Å². The van der Waals surface area contributed by atoms with Crippen molar-refractivity contribution < 1.29 is 9.90 Å². The van der Waals surface area contributed by atoms with Gasteiger partial charge in [-0.1, -0.05) is 6.07 Å². The molecule has 0 bridgehead atoms. The average Bonchev–Trinajstić information content (AvgIpc) is 2.84. The van der Waals surface area contributed by atoms with Crippen LogP contribution in [0.15, 0.2) is 29.8 Å². The Balaban J connectivity index is 2.26. The number of thiophene rings is 1. The molecule has 4 N–H and O–H groups in total. The summed E-state index contributed by atoms with van der Waals surface area (Å²) in [7, 11) is 0. The van der Waals surface area contributed by atoms with Gasteiger partial charge in [0.05, 0.1) is 17.9 Å². The number of nitrogen functional groups attached to an aromatic ring is 1. The smallest absolute Gasteiger partial charge is 0.339 e. The lowest BCUT2D eigenvalue weighted by Gasteiger charge is -2.14. The summed E-state index contributed by atoms with van der Waals surface area (Å²) in [5.74, 6) is -0.715. The van der Waals surface area contributed by atoms with Crippen molar-refractivity contribution >= 4 is 28.8 Å². The molecule has 2 rings (SSSR count). The highest BCUT2D eigenvalue weighted by Gasteiger charge is 2.15. The van der Waals surface area contributed by atoms with Crippen molar-refractivity contribution in [1.29, 1.82) is 0 Å². The van der Waals surface area contributed by atoms with Crippen LogP contribution in [0, 0.1) is 0 Å². The summed E-state index contributed by atoms with van der Waals surface area (Å²) in [4.78, 5) is 16.3. The molecule has 0 saturated heterocycles. The van der Waals surface area contributed by atoms with E-state index in [-0.39, 0.29) is 11.6 Å². The predicted molar refractivity (Wildman–Crippen MR) is 72.0 cm³/mol. The van der Waals surface area contributed by atoms with Crippen LogP contribution in [-0.2, 0) is 0 Å². The fraction of sp³-hybridized carbons (Fsp3) is 0.167. The summed E-state index contributed by atoms with van der Waals surface area (Å²) in [5.41, 5.74) is 5.96. The summed E-state index contributed by atoms with van der Waals surface area (Å²) in [5, 5.41) is 14.2. The van der Waals surface area contributed by atoms with Gasteiger partial charge in [-0.05, 0) is 24.4 Å². The number of nitrogens with one attached hydrogen (secondary N) is 1. The van der Waals surface area contributed by atoms with Crippen LogP contribution in [0.3, 0.4) is 0 Å². The van der Waals surface area contributed by atoms with Gasteiger partial charge < -0.3 is 16.2 Å². The lowest BCUT2D eigenvalue weighted by atomic mass is 10.2. The van der Waals surface area contributed by atoms with E-state index in [1.54, 1.807) is 11.3 Å². The molecule has 94 valence electrons. The third-order valence-electron chi connectivity index (χ3n) is 2.46. The molecule has 0 spiro atoms. The van der Waals surface area contributed by atoms with E-state index in [2.05, 4.69) is 10.3 Å². The fourth-order valence-corrected chi connectivity index (χ4v) is 2.31. The van der Waals surface area contributed by atoms with Crippen LogP contribution < -0.4 is 11.1 Å². The number of hydrogen-bond donors (Lipinski definition) is 3. The molecule has 0 radical (unpaired) electrons. The highest BCUT2D eigenvalue weighted by molar-refractivity contribution is 7.10. The van der Waals surface area contributed by atoms with Gasteiger partial charge in [0.15, 0.2) is 0 Å². The summed E-state index contributed by atoms with van der Waals surface area (Å²) in [6.07, 6.45) is 1.44. The number of carbonyl (C=O) groups is 1. The number of pyridine rings is 1. The highest BCUT2D eigenvalue weighted by atomic mass is 32.1. The maximum absolute atomic E-state index is 11.1.